The van der Waals surface area contributed by atoms with Gasteiger partial charge in [-0.15, -0.1) is 11.3 Å². The zero-order valence-corrected chi connectivity index (χ0v) is 22.9. The van der Waals surface area contributed by atoms with E-state index < -0.39 is 35.9 Å². The normalized spacial score (nSPS) is 23.6. The smallest absolute Gasteiger partial charge is 0.396 e. The Hall–Kier alpha value is -3.39. The van der Waals surface area contributed by atoms with Crippen LogP contribution in [0.5, 0.6) is 0 Å². The lowest BCUT2D eigenvalue weighted by Gasteiger charge is -2.22. The summed E-state index contributed by atoms with van der Waals surface area (Å²) in [5, 5.41) is 37.9. The van der Waals surface area contributed by atoms with Gasteiger partial charge in [-0.2, -0.15) is 18.2 Å². The number of aromatic nitrogens is 4. The number of nitrogens with zero attached hydrogens (tertiary/aromatic N) is 4. The largest absolute Gasteiger partial charge is 0.416 e. The molecule has 1 aromatic carbocycles. The summed E-state index contributed by atoms with van der Waals surface area (Å²) in [5.74, 6) is 0.265. The van der Waals surface area contributed by atoms with Gasteiger partial charge in [0.1, 0.15) is 22.4 Å². The average molecular weight is 587 g/mol. The molecule has 0 spiro atoms. The lowest BCUT2D eigenvalue weighted by atomic mass is 9.95. The maximum Gasteiger partial charge on any atom is 0.416 e. The van der Waals surface area contributed by atoms with E-state index in [0.29, 0.717) is 41.0 Å². The molecule has 6 rings (SSSR count). The Morgan fingerprint density at radius 2 is 1.80 bits per heavy atom. The maximum atomic E-state index is 13.0. The summed E-state index contributed by atoms with van der Waals surface area (Å²) in [5.41, 5.74) is 1.84. The van der Waals surface area contributed by atoms with Crippen LogP contribution in [0.2, 0.25) is 0 Å². The van der Waals surface area contributed by atoms with E-state index in [2.05, 4.69) is 20.6 Å². The first-order chi connectivity index (χ1) is 19.6. The van der Waals surface area contributed by atoms with E-state index in [-0.39, 0.29) is 12.0 Å². The Balaban J connectivity index is 1.30. The number of pyridine rings is 1. The fraction of sp³-hybridized carbons (Fsp3) is 0.429. The number of thiazole rings is 1. The van der Waals surface area contributed by atoms with Crippen molar-refractivity contribution in [2.45, 2.75) is 56.0 Å². The third-order valence-corrected chi connectivity index (χ3v) is 9.17. The van der Waals surface area contributed by atoms with Crippen LogP contribution in [-0.2, 0) is 11.6 Å². The summed E-state index contributed by atoms with van der Waals surface area (Å²) in [6, 6.07) is 6.59. The van der Waals surface area contributed by atoms with Crippen LogP contribution in [0, 0.1) is 12.8 Å². The highest BCUT2D eigenvalue weighted by Gasteiger charge is 2.45. The summed E-state index contributed by atoms with van der Waals surface area (Å²) in [7, 11) is 0. The van der Waals surface area contributed by atoms with Crippen molar-refractivity contribution < 1.29 is 28.5 Å². The van der Waals surface area contributed by atoms with Gasteiger partial charge in [-0.05, 0) is 49.9 Å². The highest BCUT2D eigenvalue weighted by Crippen LogP contribution is 2.48. The third-order valence-electron chi connectivity index (χ3n) is 8.12. The summed E-state index contributed by atoms with van der Waals surface area (Å²) in [6.07, 6.45) is -1.23. The lowest BCUT2D eigenvalue weighted by molar-refractivity contribution is -0.137. The second kappa shape index (κ2) is 10.5. The van der Waals surface area contributed by atoms with Gasteiger partial charge >= 0.3 is 6.18 Å². The number of rotatable bonds is 8. The Labute approximate surface area is 237 Å². The van der Waals surface area contributed by atoms with E-state index in [1.165, 1.54) is 23.5 Å². The van der Waals surface area contributed by atoms with Crippen molar-refractivity contribution in [2.75, 3.05) is 23.8 Å². The van der Waals surface area contributed by atoms with Gasteiger partial charge in [0.05, 0.1) is 39.9 Å². The SMILES string of the molecule is Cc1nc(NCC2(c3ccc(C(F)(F)F)cc3)CC2)nc(N[C@@H]2C[C@H](CO)[C@@H](O)[C@H]2O)c1-c1nc2cnccc2s1. The molecule has 0 radical (unpaired) electrons. The number of fused-ring (bicyclic) bond motifs is 1. The minimum absolute atomic E-state index is 0.254. The van der Waals surface area contributed by atoms with Gasteiger partial charge in [-0.1, -0.05) is 12.1 Å². The molecule has 216 valence electrons. The van der Waals surface area contributed by atoms with Crippen molar-refractivity contribution in [3.05, 3.63) is 59.5 Å². The zero-order valence-electron chi connectivity index (χ0n) is 22.1. The number of benzene rings is 1. The summed E-state index contributed by atoms with van der Waals surface area (Å²) >= 11 is 1.45. The number of alkyl halides is 3. The van der Waals surface area contributed by atoms with Crippen molar-refractivity contribution in [1.82, 2.24) is 19.9 Å². The van der Waals surface area contributed by atoms with Crippen LogP contribution < -0.4 is 10.6 Å². The molecule has 0 unspecified atom stereocenters. The Bertz CT molecular complexity index is 1530. The van der Waals surface area contributed by atoms with Crippen molar-refractivity contribution in [1.29, 1.82) is 0 Å². The van der Waals surface area contributed by atoms with E-state index in [1.807, 2.05) is 13.0 Å². The van der Waals surface area contributed by atoms with Gasteiger partial charge in [0.15, 0.2) is 0 Å². The molecule has 9 nitrogen and oxygen atoms in total. The summed E-state index contributed by atoms with van der Waals surface area (Å²) < 4.78 is 40.1. The Morgan fingerprint density at radius 3 is 2.44 bits per heavy atom. The van der Waals surface area contributed by atoms with Crippen molar-refractivity contribution in [3.63, 3.8) is 0 Å². The van der Waals surface area contributed by atoms with E-state index in [4.69, 9.17) is 9.97 Å². The fourth-order valence-corrected chi connectivity index (χ4v) is 6.53. The molecule has 4 atom stereocenters. The third kappa shape index (κ3) is 5.34. The topological polar surface area (TPSA) is 136 Å². The molecule has 0 aliphatic heterocycles. The molecule has 3 heterocycles. The van der Waals surface area contributed by atoms with Crippen LogP contribution in [0.25, 0.3) is 20.8 Å². The van der Waals surface area contributed by atoms with E-state index in [9.17, 15) is 28.5 Å². The molecule has 0 amide bonds. The number of anilines is 2. The number of halogens is 3. The standard InChI is InChI=1S/C28H29F3N6O3S/c1-14-21(25-36-19-11-32-9-6-20(19)41-25)24(35-18-10-15(12-38)22(39)23(18)40)37-26(34-14)33-13-27(7-8-27)16-2-4-17(5-3-16)28(29,30)31/h2-6,9,11,15,18,22-23,38-40H,7-8,10,12-13H2,1H3,(H2,33,34,35,37)/t15-,18-,22-,23+/m1/s1. The van der Waals surface area contributed by atoms with Gasteiger partial charge in [-0.25, -0.2) is 9.97 Å². The number of nitrogens with one attached hydrogen (secondary N) is 2. The Morgan fingerprint density at radius 1 is 1.05 bits per heavy atom. The van der Waals surface area contributed by atoms with Crippen LogP contribution in [0.3, 0.4) is 0 Å². The highest BCUT2D eigenvalue weighted by atomic mass is 32.1. The molecule has 2 aliphatic rings. The zero-order chi connectivity index (χ0) is 28.9. The van der Waals surface area contributed by atoms with Crippen molar-refractivity contribution in [3.8, 4) is 10.6 Å². The number of aliphatic hydroxyl groups is 3. The quantitative estimate of drug-likeness (QED) is 0.206. The molecule has 13 heteroatoms. The first kappa shape index (κ1) is 27.8. The minimum Gasteiger partial charge on any atom is -0.396 e. The molecule has 5 N–H and O–H groups in total. The molecule has 2 fully saturated rings. The van der Waals surface area contributed by atoms with Gasteiger partial charge in [0, 0.05) is 30.7 Å². The van der Waals surface area contributed by atoms with Crippen LogP contribution in [0.1, 0.15) is 36.1 Å². The van der Waals surface area contributed by atoms with Crippen LogP contribution in [-0.4, -0.2) is 66.7 Å². The molecule has 2 saturated carbocycles. The van der Waals surface area contributed by atoms with Crippen molar-refractivity contribution >= 4 is 33.3 Å². The maximum absolute atomic E-state index is 13.0. The van der Waals surface area contributed by atoms with Crippen LogP contribution in [0.4, 0.5) is 24.9 Å². The molecule has 3 aromatic heterocycles. The second-order valence-electron chi connectivity index (χ2n) is 10.8. The number of hydrogen-bond donors (Lipinski definition) is 5. The first-order valence-corrected chi connectivity index (χ1v) is 14.1. The van der Waals surface area contributed by atoms with E-state index >= 15 is 0 Å². The molecule has 4 aromatic rings. The van der Waals surface area contributed by atoms with Gasteiger partial charge in [0.2, 0.25) is 5.95 Å². The van der Waals surface area contributed by atoms with Crippen molar-refractivity contribution in [2.24, 2.45) is 5.92 Å². The van der Waals surface area contributed by atoms with E-state index in [0.717, 1.165) is 40.8 Å². The molecule has 41 heavy (non-hydrogen) atoms. The molecule has 0 bridgehead atoms. The highest BCUT2D eigenvalue weighted by molar-refractivity contribution is 7.21. The predicted octanol–water partition coefficient (Wildman–Crippen LogP) is 4.13. The van der Waals surface area contributed by atoms with E-state index in [1.54, 1.807) is 12.4 Å². The molecule has 0 saturated heterocycles. The van der Waals surface area contributed by atoms with Gasteiger partial charge in [-0.3, -0.25) is 4.98 Å². The van der Waals surface area contributed by atoms with Crippen LogP contribution in [0.15, 0.2) is 42.7 Å². The molecule has 2 aliphatic carbocycles. The average Bonchev–Trinajstić information content (AvgIpc) is 3.55. The minimum atomic E-state index is -4.38. The molecular formula is C28H29F3N6O3S. The number of aryl methyl sites for hydroxylation is 1. The predicted molar refractivity (Wildman–Crippen MR) is 149 cm³/mol. The van der Waals surface area contributed by atoms with Gasteiger partial charge < -0.3 is 26.0 Å². The summed E-state index contributed by atoms with van der Waals surface area (Å²) in [4.78, 5) is 18.3. The lowest BCUT2D eigenvalue weighted by Crippen LogP contribution is -2.36. The summed E-state index contributed by atoms with van der Waals surface area (Å²) in [6.45, 7) is 2.01. The Kier molecular flexibility index (Phi) is 7.09. The first-order valence-electron chi connectivity index (χ1n) is 13.3. The number of aliphatic hydroxyl groups excluding tert-OH is 3. The van der Waals surface area contributed by atoms with Crippen LogP contribution >= 0.6 is 11.3 Å². The van der Waals surface area contributed by atoms with Gasteiger partial charge in [0.25, 0.3) is 0 Å². The molecular weight excluding hydrogens is 557 g/mol. The number of hydrogen-bond acceptors (Lipinski definition) is 10. The monoisotopic (exact) mass is 586 g/mol. The second-order valence-corrected chi connectivity index (χ2v) is 11.9. The fourth-order valence-electron chi connectivity index (χ4n) is 5.50.